The van der Waals surface area contributed by atoms with Gasteiger partial charge in [0.1, 0.15) is 0 Å². The molecule has 0 rings (SSSR count). The second kappa shape index (κ2) is 14.1. The van der Waals surface area contributed by atoms with Crippen molar-refractivity contribution in [1.29, 1.82) is 0 Å². The second-order valence-electron chi connectivity index (χ2n) is 4.49. The average molecular weight is 283 g/mol. The molecule has 0 fully saturated rings. The Morgan fingerprint density at radius 2 is 1.38 bits per heavy atom. The van der Waals surface area contributed by atoms with Crippen LogP contribution < -0.4 is 0 Å². The van der Waals surface area contributed by atoms with E-state index in [2.05, 4.69) is 54.2 Å². The van der Waals surface area contributed by atoms with Crippen molar-refractivity contribution in [2.75, 3.05) is 0 Å². The lowest BCUT2D eigenvalue weighted by Gasteiger charge is -2.04. The molecule has 0 aromatic carbocycles. The highest BCUT2D eigenvalue weighted by atomic mass is 33.1. The molecule has 0 saturated heterocycles. The predicted octanol–water partition coefficient (Wildman–Crippen LogP) is 6.07. The van der Waals surface area contributed by atoms with Crippen LogP contribution in [0.3, 0.4) is 0 Å². The summed E-state index contributed by atoms with van der Waals surface area (Å²) < 4.78 is 0. The van der Waals surface area contributed by atoms with Crippen LogP contribution in [0.1, 0.15) is 67.2 Å². The lowest BCUT2D eigenvalue weighted by Crippen LogP contribution is -1.93. The summed E-state index contributed by atoms with van der Waals surface area (Å²) >= 11 is 4.36. The molecule has 0 bridgehead atoms. The smallest absolute Gasteiger partial charge is 0.00945 e. The zero-order valence-corrected chi connectivity index (χ0v) is 14.4. The van der Waals surface area contributed by atoms with Gasteiger partial charge in [-0.3, -0.25) is 0 Å². The van der Waals surface area contributed by atoms with Gasteiger partial charge in [-0.25, -0.2) is 0 Å². The Morgan fingerprint density at radius 3 is 1.62 bits per heavy atom. The van der Waals surface area contributed by atoms with Crippen molar-refractivity contribution in [1.82, 2.24) is 0 Å². The van der Waals surface area contributed by atoms with Gasteiger partial charge >= 0.3 is 0 Å². The second-order valence-corrected chi connectivity index (χ2v) is 8.65. The van der Waals surface area contributed by atoms with Crippen LogP contribution >= 0.6 is 34.2 Å². The van der Waals surface area contributed by atoms with E-state index in [-0.39, 0.29) is 0 Å². The number of hydrogen-bond acceptors (Lipinski definition) is 3. The summed E-state index contributed by atoms with van der Waals surface area (Å²) in [7, 11) is 3.91. The van der Waals surface area contributed by atoms with Crippen LogP contribution in [0.5, 0.6) is 0 Å². The molecule has 1 atom stereocenters. The molecule has 16 heavy (non-hydrogen) atoms. The first-order valence-electron chi connectivity index (χ1n) is 6.44. The molecule has 0 amide bonds. The van der Waals surface area contributed by atoms with E-state index in [4.69, 9.17) is 0 Å². The SMILES string of the molecule is CC(C)SSC(C)C.CCCCC(S)CC. The first-order valence-corrected chi connectivity index (χ1v) is 9.23. The van der Waals surface area contributed by atoms with Crippen molar-refractivity contribution < 1.29 is 0 Å². The third-order valence-electron chi connectivity index (χ3n) is 1.80. The maximum Gasteiger partial charge on any atom is 0.00945 e. The fraction of sp³-hybridized carbons (Fsp3) is 1.00. The molecular weight excluding hydrogens is 252 g/mol. The molecule has 0 heterocycles. The van der Waals surface area contributed by atoms with E-state index in [0.29, 0.717) is 5.25 Å². The quantitative estimate of drug-likeness (QED) is 0.444. The number of unbranched alkanes of at least 4 members (excludes halogenated alkanes) is 1. The van der Waals surface area contributed by atoms with E-state index in [0.717, 1.165) is 10.5 Å². The standard InChI is InChI=1S/C7H16S.C6H14S2/c1-3-5-6-7(8)4-2;1-5(2)7-8-6(3)4/h7-8H,3-6H2,1-2H3;5-6H,1-4H3. The first-order chi connectivity index (χ1) is 7.43. The van der Waals surface area contributed by atoms with Crippen molar-refractivity contribution in [3.63, 3.8) is 0 Å². The van der Waals surface area contributed by atoms with Crippen LogP contribution in [0.4, 0.5) is 0 Å². The van der Waals surface area contributed by atoms with E-state index in [9.17, 15) is 0 Å². The molecule has 0 radical (unpaired) electrons. The van der Waals surface area contributed by atoms with Gasteiger partial charge in [0.05, 0.1) is 0 Å². The summed E-state index contributed by atoms with van der Waals surface area (Å²) in [6.07, 6.45) is 5.14. The Balaban J connectivity index is 0. The summed E-state index contributed by atoms with van der Waals surface area (Å²) in [6.45, 7) is 13.3. The topological polar surface area (TPSA) is 0 Å². The molecule has 3 heteroatoms. The number of rotatable bonds is 7. The highest BCUT2D eigenvalue weighted by Crippen LogP contribution is 2.29. The molecule has 0 aliphatic carbocycles. The average Bonchev–Trinajstić information content (AvgIpc) is 2.23. The van der Waals surface area contributed by atoms with Crippen LogP contribution in [0.2, 0.25) is 0 Å². The van der Waals surface area contributed by atoms with Crippen LogP contribution in [0, 0.1) is 0 Å². The van der Waals surface area contributed by atoms with E-state index >= 15 is 0 Å². The molecular formula is C13H30S3. The van der Waals surface area contributed by atoms with Crippen molar-refractivity contribution in [3.8, 4) is 0 Å². The van der Waals surface area contributed by atoms with Gasteiger partial charge in [-0.2, -0.15) is 12.6 Å². The van der Waals surface area contributed by atoms with Gasteiger partial charge in [0.25, 0.3) is 0 Å². The fourth-order valence-electron chi connectivity index (χ4n) is 0.866. The van der Waals surface area contributed by atoms with E-state index in [1.807, 2.05) is 21.6 Å². The maximum absolute atomic E-state index is 4.36. The number of hydrogen-bond donors (Lipinski definition) is 1. The summed E-state index contributed by atoms with van der Waals surface area (Å²) in [5.41, 5.74) is 0. The Hall–Kier alpha value is 1.05. The molecule has 0 aliphatic heterocycles. The minimum atomic E-state index is 0.648. The molecule has 1 unspecified atom stereocenters. The van der Waals surface area contributed by atoms with Crippen LogP contribution in [-0.2, 0) is 0 Å². The Labute approximate surface area is 117 Å². The zero-order chi connectivity index (χ0) is 13.0. The maximum atomic E-state index is 4.36. The molecule has 0 spiro atoms. The normalized spacial score (nSPS) is 12.6. The largest absolute Gasteiger partial charge is 0.176 e. The third kappa shape index (κ3) is 20.5. The van der Waals surface area contributed by atoms with Crippen LogP contribution in [-0.4, -0.2) is 15.7 Å². The lowest BCUT2D eigenvalue weighted by molar-refractivity contribution is 0.673. The van der Waals surface area contributed by atoms with Gasteiger partial charge in [0, 0.05) is 15.7 Å². The van der Waals surface area contributed by atoms with Crippen molar-refractivity contribution >= 4 is 34.2 Å². The van der Waals surface area contributed by atoms with Crippen LogP contribution in [0.25, 0.3) is 0 Å². The summed E-state index contributed by atoms with van der Waals surface area (Å²) in [5.74, 6) is 0. The Kier molecular flexibility index (Phi) is 17.1. The third-order valence-corrected chi connectivity index (χ3v) is 5.95. The molecule has 0 aliphatic rings. The van der Waals surface area contributed by atoms with Gasteiger partial charge < -0.3 is 0 Å². The van der Waals surface area contributed by atoms with E-state index in [1.165, 1.54) is 25.7 Å². The Bertz CT molecular complexity index is 116. The zero-order valence-electron chi connectivity index (χ0n) is 11.8. The molecule has 0 N–H and O–H groups in total. The monoisotopic (exact) mass is 282 g/mol. The minimum Gasteiger partial charge on any atom is -0.176 e. The summed E-state index contributed by atoms with van der Waals surface area (Å²) in [6, 6.07) is 0. The molecule has 0 aromatic heterocycles. The fourth-order valence-corrected chi connectivity index (χ4v) is 2.83. The van der Waals surface area contributed by atoms with Crippen molar-refractivity contribution in [2.24, 2.45) is 0 Å². The van der Waals surface area contributed by atoms with Gasteiger partial charge in [0.15, 0.2) is 0 Å². The lowest BCUT2D eigenvalue weighted by atomic mass is 10.2. The van der Waals surface area contributed by atoms with Gasteiger partial charge in [-0.15, -0.1) is 0 Å². The van der Waals surface area contributed by atoms with E-state index < -0.39 is 0 Å². The van der Waals surface area contributed by atoms with Crippen molar-refractivity contribution in [3.05, 3.63) is 0 Å². The molecule has 0 saturated carbocycles. The minimum absolute atomic E-state index is 0.648. The van der Waals surface area contributed by atoms with Gasteiger partial charge in [-0.05, 0) is 12.8 Å². The highest BCUT2D eigenvalue weighted by molar-refractivity contribution is 8.77. The highest BCUT2D eigenvalue weighted by Gasteiger charge is 1.97. The first kappa shape index (κ1) is 19.4. The Morgan fingerprint density at radius 1 is 0.938 bits per heavy atom. The molecule has 100 valence electrons. The summed E-state index contributed by atoms with van der Waals surface area (Å²) in [5, 5.41) is 2.18. The molecule has 0 aromatic rings. The van der Waals surface area contributed by atoms with Gasteiger partial charge in [-0.1, -0.05) is 76.0 Å². The van der Waals surface area contributed by atoms with Gasteiger partial charge in [0.2, 0.25) is 0 Å². The number of thiol groups is 1. The molecule has 0 nitrogen and oxygen atoms in total. The van der Waals surface area contributed by atoms with Crippen LogP contribution in [0.15, 0.2) is 0 Å². The van der Waals surface area contributed by atoms with E-state index in [1.54, 1.807) is 0 Å². The summed E-state index contributed by atoms with van der Waals surface area (Å²) in [4.78, 5) is 0. The predicted molar refractivity (Wildman–Crippen MR) is 88.0 cm³/mol. The van der Waals surface area contributed by atoms with Crippen molar-refractivity contribution in [2.45, 2.75) is 83.0 Å².